The number of rotatable bonds is 5. The second-order valence-corrected chi connectivity index (χ2v) is 6.78. The summed E-state index contributed by atoms with van der Waals surface area (Å²) in [5.41, 5.74) is 6.04. The average molecular weight is 270 g/mol. The monoisotopic (exact) mass is 270 g/mol. The lowest BCUT2D eigenvalue weighted by Gasteiger charge is -2.36. The fourth-order valence-corrected chi connectivity index (χ4v) is 2.62. The zero-order valence-electron chi connectivity index (χ0n) is 12.7. The number of nitrogens with two attached hydrogens (primary N) is 1. The lowest BCUT2D eigenvalue weighted by atomic mass is 9.85. The SMILES string of the molecule is CC(C)(C)C(N)CC(=O)N(CCO)C1CCCCC1. The summed E-state index contributed by atoms with van der Waals surface area (Å²) < 4.78 is 0. The molecule has 0 heterocycles. The van der Waals surface area contributed by atoms with Crippen LogP contribution in [0.4, 0.5) is 0 Å². The quantitative estimate of drug-likeness (QED) is 0.802. The highest BCUT2D eigenvalue weighted by molar-refractivity contribution is 5.77. The molecule has 1 atom stereocenters. The van der Waals surface area contributed by atoms with E-state index in [4.69, 9.17) is 5.73 Å². The maximum atomic E-state index is 12.4. The maximum absolute atomic E-state index is 12.4. The second-order valence-electron chi connectivity index (χ2n) is 6.78. The van der Waals surface area contributed by atoms with Crippen molar-refractivity contribution >= 4 is 5.91 Å². The van der Waals surface area contributed by atoms with E-state index < -0.39 is 0 Å². The highest BCUT2D eigenvalue weighted by atomic mass is 16.3. The number of carbonyl (C=O) groups is 1. The Morgan fingerprint density at radius 3 is 2.37 bits per heavy atom. The van der Waals surface area contributed by atoms with Gasteiger partial charge in [0.2, 0.25) is 5.91 Å². The third kappa shape index (κ3) is 5.11. The van der Waals surface area contributed by atoms with E-state index in [-0.39, 0.29) is 24.0 Å². The van der Waals surface area contributed by atoms with Crippen LogP contribution >= 0.6 is 0 Å². The molecule has 1 aliphatic carbocycles. The van der Waals surface area contributed by atoms with Gasteiger partial charge in [-0.2, -0.15) is 0 Å². The molecule has 4 nitrogen and oxygen atoms in total. The number of aliphatic hydroxyl groups is 1. The minimum absolute atomic E-state index is 0.0347. The Morgan fingerprint density at radius 1 is 1.32 bits per heavy atom. The number of hydrogen-bond donors (Lipinski definition) is 2. The van der Waals surface area contributed by atoms with E-state index in [0.717, 1.165) is 12.8 Å². The Hall–Kier alpha value is -0.610. The molecule has 0 aromatic rings. The Morgan fingerprint density at radius 2 is 1.89 bits per heavy atom. The van der Waals surface area contributed by atoms with Gasteiger partial charge in [-0.25, -0.2) is 0 Å². The molecule has 0 bridgehead atoms. The third-order valence-electron chi connectivity index (χ3n) is 4.18. The van der Waals surface area contributed by atoms with E-state index in [2.05, 4.69) is 20.8 Å². The van der Waals surface area contributed by atoms with Crippen molar-refractivity contribution in [2.24, 2.45) is 11.1 Å². The van der Waals surface area contributed by atoms with Gasteiger partial charge in [0.05, 0.1) is 6.61 Å². The molecule has 0 spiro atoms. The van der Waals surface area contributed by atoms with Crippen molar-refractivity contribution in [3.8, 4) is 0 Å². The summed E-state index contributed by atoms with van der Waals surface area (Å²) in [5.74, 6) is 0.100. The highest BCUT2D eigenvalue weighted by Crippen LogP contribution is 2.25. The second kappa shape index (κ2) is 7.25. The van der Waals surface area contributed by atoms with E-state index in [0.29, 0.717) is 19.0 Å². The Bertz CT molecular complexity index is 280. The van der Waals surface area contributed by atoms with Gasteiger partial charge in [0.25, 0.3) is 0 Å². The predicted molar refractivity (Wildman–Crippen MR) is 77.7 cm³/mol. The summed E-state index contributed by atoms with van der Waals surface area (Å²) in [5, 5.41) is 9.19. The zero-order valence-corrected chi connectivity index (χ0v) is 12.7. The van der Waals surface area contributed by atoms with Crippen molar-refractivity contribution in [3.05, 3.63) is 0 Å². The van der Waals surface area contributed by atoms with Crippen LogP contribution in [-0.4, -0.2) is 41.1 Å². The molecular weight excluding hydrogens is 240 g/mol. The van der Waals surface area contributed by atoms with Gasteiger partial charge in [-0.15, -0.1) is 0 Å². The van der Waals surface area contributed by atoms with Gasteiger partial charge in [0.1, 0.15) is 0 Å². The van der Waals surface area contributed by atoms with Crippen molar-refractivity contribution < 1.29 is 9.90 Å². The van der Waals surface area contributed by atoms with Gasteiger partial charge in [0.15, 0.2) is 0 Å². The standard InChI is InChI=1S/C15H30N2O2/c1-15(2,3)13(16)11-14(19)17(9-10-18)12-7-5-4-6-8-12/h12-13,18H,4-11,16H2,1-3H3. The first kappa shape index (κ1) is 16.4. The summed E-state index contributed by atoms with van der Waals surface area (Å²) in [7, 11) is 0. The first-order valence-electron chi connectivity index (χ1n) is 7.52. The molecule has 3 N–H and O–H groups in total. The molecule has 1 aliphatic rings. The topological polar surface area (TPSA) is 66.6 Å². The molecule has 19 heavy (non-hydrogen) atoms. The molecule has 1 rings (SSSR count). The molecule has 1 amide bonds. The molecule has 1 unspecified atom stereocenters. The molecule has 0 radical (unpaired) electrons. The van der Waals surface area contributed by atoms with Crippen LogP contribution in [0.15, 0.2) is 0 Å². The van der Waals surface area contributed by atoms with Crippen LogP contribution in [0.5, 0.6) is 0 Å². The number of carbonyl (C=O) groups excluding carboxylic acids is 1. The van der Waals surface area contributed by atoms with E-state index in [1.807, 2.05) is 4.90 Å². The summed E-state index contributed by atoms with van der Waals surface area (Å²) in [6.45, 7) is 6.65. The fraction of sp³-hybridized carbons (Fsp3) is 0.933. The number of hydrogen-bond acceptors (Lipinski definition) is 3. The number of aliphatic hydroxyl groups excluding tert-OH is 1. The normalized spacial score (nSPS) is 19.2. The van der Waals surface area contributed by atoms with Crippen LogP contribution < -0.4 is 5.73 Å². The van der Waals surface area contributed by atoms with Gasteiger partial charge in [-0.05, 0) is 18.3 Å². The molecule has 1 saturated carbocycles. The maximum Gasteiger partial charge on any atom is 0.224 e. The average Bonchev–Trinajstić information content (AvgIpc) is 2.35. The first-order chi connectivity index (χ1) is 8.86. The third-order valence-corrected chi connectivity index (χ3v) is 4.18. The number of amides is 1. The lowest BCUT2D eigenvalue weighted by Crippen LogP contribution is -2.47. The minimum Gasteiger partial charge on any atom is -0.395 e. The van der Waals surface area contributed by atoms with E-state index in [1.54, 1.807) is 0 Å². The Balaban J connectivity index is 2.61. The van der Waals surface area contributed by atoms with Gasteiger partial charge in [-0.3, -0.25) is 4.79 Å². The van der Waals surface area contributed by atoms with Gasteiger partial charge in [-0.1, -0.05) is 40.0 Å². The summed E-state index contributed by atoms with van der Waals surface area (Å²) in [4.78, 5) is 14.3. The summed E-state index contributed by atoms with van der Waals surface area (Å²) in [6, 6.07) is 0.172. The molecule has 0 aliphatic heterocycles. The van der Waals surface area contributed by atoms with Crippen LogP contribution in [0.3, 0.4) is 0 Å². The van der Waals surface area contributed by atoms with Gasteiger partial charge >= 0.3 is 0 Å². The predicted octanol–water partition coefficient (Wildman–Crippen LogP) is 1.90. The largest absolute Gasteiger partial charge is 0.395 e. The van der Waals surface area contributed by atoms with Crippen molar-refractivity contribution in [1.82, 2.24) is 4.90 Å². The van der Waals surface area contributed by atoms with E-state index in [1.165, 1.54) is 19.3 Å². The van der Waals surface area contributed by atoms with E-state index in [9.17, 15) is 9.90 Å². The summed E-state index contributed by atoms with van der Waals surface area (Å²) in [6.07, 6.45) is 6.14. The van der Waals surface area contributed by atoms with Crippen LogP contribution in [-0.2, 0) is 4.79 Å². The fourth-order valence-electron chi connectivity index (χ4n) is 2.62. The van der Waals surface area contributed by atoms with Crippen LogP contribution in [0.1, 0.15) is 59.3 Å². The van der Waals surface area contributed by atoms with Gasteiger partial charge < -0.3 is 15.7 Å². The Labute approximate surface area is 117 Å². The molecular formula is C15H30N2O2. The highest BCUT2D eigenvalue weighted by Gasteiger charge is 2.29. The van der Waals surface area contributed by atoms with Crippen molar-refractivity contribution in [1.29, 1.82) is 0 Å². The molecule has 112 valence electrons. The first-order valence-corrected chi connectivity index (χ1v) is 7.52. The van der Waals surface area contributed by atoms with Gasteiger partial charge in [0, 0.05) is 25.0 Å². The van der Waals surface area contributed by atoms with E-state index >= 15 is 0 Å². The zero-order chi connectivity index (χ0) is 14.5. The molecule has 1 fully saturated rings. The van der Waals surface area contributed by atoms with Crippen molar-refractivity contribution in [2.75, 3.05) is 13.2 Å². The van der Waals surface area contributed by atoms with Crippen LogP contribution in [0.25, 0.3) is 0 Å². The van der Waals surface area contributed by atoms with Crippen LogP contribution in [0, 0.1) is 5.41 Å². The summed E-state index contributed by atoms with van der Waals surface area (Å²) >= 11 is 0. The number of nitrogens with zero attached hydrogens (tertiary/aromatic N) is 1. The molecule has 0 aromatic heterocycles. The lowest BCUT2D eigenvalue weighted by molar-refractivity contribution is -0.135. The van der Waals surface area contributed by atoms with Crippen LogP contribution in [0.2, 0.25) is 0 Å². The minimum atomic E-state index is -0.134. The molecule has 0 aromatic carbocycles. The Kier molecular flexibility index (Phi) is 6.27. The molecule has 4 heteroatoms. The van der Waals surface area contributed by atoms with Crippen molar-refractivity contribution in [2.45, 2.75) is 71.4 Å². The molecule has 0 saturated heterocycles. The smallest absolute Gasteiger partial charge is 0.224 e. The van der Waals surface area contributed by atoms with Crippen molar-refractivity contribution in [3.63, 3.8) is 0 Å².